The third-order valence-electron chi connectivity index (χ3n) is 10.3. The first-order valence-corrected chi connectivity index (χ1v) is 16.8. The molecule has 8 rings (SSSR count). The molecule has 0 N–H and O–H groups in total. The molecule has 0 amide bonds. The van der Waals surface area contributed by atoms with Gasteiger partial charge in [0.25, 0.3) is 0 Å². The minimum atomic E-state index is -0.223. The second kappa shape index (κ2) is 11.5. The summed E-state index contributed by atoms with van der Waals surface area (Å²) in [6.07, 6.45) is 6.10. The smallest absolute Gasteiger partial charge is 0.0780 e. The van der Waals surface area contributed by atoms with Crippen molar-refractivity contribution in [2.24, 2.45) is 0 Å². The van der Waals surface area contributed by atoms with Crippen molar-refractivity contribution in [3.8, 4) is 22.3 Å². The van der Waals surface area contributed by atoms with Crippen molar-refractivity contribution in [3.63, 3.8) is 0 Å². The van der Waals surface area contributed by atoms with Crippen molar-refractivity contribution in [2.75, 3.05) is 0 Å². The van der Waals surface area contributed by atoms with E-state index in [1.165, 1.54) is 54.9 Å². The second-order valence-corrected chi connectivity index (χ2v) is 13.1. The van der Waals surface area contributed by atoms with Crippen molar-refractivity contribution < 1.29 is 0 Å². The first-order valence-electron chi connectivity index (χ1n) is 16.8. The van der Waals surface area contributed by atoms with E-state index in [0.29, 0.717) is 0 Å². The predicted molar refractivity (Wildman–Crippen MR) is 200 cm³/mol. The second-order valence-electron chi connectivity index (χ2n) is 13.1. The van der Waals surface area contributed by atoms with Gasteiger partial charge in [-0.2, -0.15) is 0 Å². The van der Waals surface area contributed by atoms with Gasteiger partial charge in [-0.15, -0.1) is 0 Å². The molecule has 0 saturated heterocycles. The molecule has 0 unspecified atom stereocenters. The minimum absolute atomic E-state index is 0.223. The maximum absolute atomic E-state index is 5.12. The van der Waals surface area contributed by atoms with Crippen LogP contribution in [-0.4, -0.2) is 9.97 Å². The lowest BCUT2D eigenvalue weighted by Crippen LogP contribution is -2.28. The normalized spacial score (nSPS) is 12.0. The molecular formula is C45H38N2. The third kappa shape index (κ3) is 4.79. The largest absolute Gasteiger partial charge is 0.255 e. The Morgan fingerprint density at radius 3 is 1.45 bits per heavy atom. The Morgan fingerprint density at radius 2 is 0.957 bits per heavy atom. The summed E-state index contributed by atoms with van der Waals surface area (Å²) >= 11 is 0. The lowest BCUT2D eigenvalue weighted by atomic mass is 9.66. The Morgan fingerprint density at radius 1 is 0.489 bits per heavy atom. The average Bonchev–Trinajstić information content (AvgIpc) is 3.11. The average molecular weight is 607 g/mol. The highest BCUT2D eigenvalue weighted by Crippen LogP contribution is 2.49. The van der Waals surface area contributed by atoms with Crippen LogP contribution in [0.1, 0.15) is 48.9 Å². The standard InChI is InChI=1S/C45H38N2/c1-5-45(6-2,37-23-29(3)22-30(4)24-37)42-38(35-25-33-20-18-31-12-7-9-14-40(31)43(33)46-27-35)16-11-17-39(42)36-26-34-21-19-32-13-8-10-15-41(32)44(34)47-28-36/h7-28H,5-6H2,1-4H3. The van der Waals surface area contributed by atoms with E-state index in [-0.39, 0.29) is 5.41 Å². The van der Waals surface area contributed by atoms with Crippen LogP contribution in [0.15, 0.2) is 134 Å². The number of nitrogens with zero attached hydrogens (tertiary/aromatic N) is 2. The van der Waals surface area contributed by atoms with E-state index in [9.17, 15) is 0 Å². The molecule has 47 heavy (non-hydrogen) atoms. The van der Waals surface area contributed by atoms with E-state index >= 15 is 0 Å². The molecule has 0 saturated carbocycles. The monoisotopic (exact) mass is 606 g/mol. The van der Waals surface area contributed by atoms with Crippen molar-refractivity contribution >= 4 is 43.4 Å². The molecule has 228 valence electrons. The Hall–Kier alpha value is -5.34. The van der Waals surface area contributed by atoms with E-state index in [4.69, 9.17) is 9.97 Å². The predicted octanol–water partition coefficient (Wildman–Crippen LogP) is 12.1. The number of benzene rings is 6. The van der Waals surface area contributed by atoms with Crippen molar-refractivity contribution in [1.29, 1.82) is 0 Å². The molecule has 0 radical (unpaired) electrons. The SMILES string of the molecule is CCC(CC)(c1cc(C)cc(C)c1)c1c(-c2cnc3c(ccc4ccccc43)c2)cccc1-c1cnc2c(ccc3ccccc32)c1. The number of rotatable bonds is 6. The molecule has 0 bridgehead atoms. The van der Waals surface area contributed by atoms with E-state index in [2.05, 4.69) is 161 Å². The maximum atomic E-state index is 5.12. The molecule has 2 nitrogen and oxygen atoms in total. The molecule has 0 aliphatic heterocycles. The van der Waals surface area contributed by atoms with Crippen LogP contribution >= 0.6 is 0 Å². The van der Waals surface area contributed by atoms with Gasteiger partial charge in [-0.25, -0.2) is 0 Å². The topological polar surface area (TPSA) is 25.8 Å². The van der Waals surface area contributed by atoms with Gasteiger partial charge in [0.05, 0.1) is 11.0 Å². The van der Waals surface area contributed by atoms with E-state index in [1.807, 2.05) is 0 Å². The number of aryl methyl sites for hydroxylation is 2. The first kappa shape index (κ1) is 29.1. The number of hydrogen-bond donors (Lipinski definition) is 0. The van der Waals surface area contributed by atoms with Crippen LogP contribution in [0.3, 0.4) is 0 Å². The third-order valence-corrected chi connectivity index (χ3v) is 10.3. The van der Waals surface area contributed by atoms with E-state index in [1.54, 1.807) is 0 Å². The van der Waals surface area contributed by atoms with Gasteiger partial charge in [-0.1, -0.05) is 134 Å². The highest BCUT2D eigenvalue weighted by Gasteiger charge is 2.36. The summed E-state index contributed by atoms with van der Waals surface area (Å²) in [6.45, 7) is 9.12. The van der Waals surface area contributed by atoms with Gasteiger partial charge >= 0.3 is 0 Å². The van der Waals surface area contributed by atoms with Crippen molar-refractivity contribution in [3.05, 3.63) is 156 Å². The first-order chi connectivity index (χ1) is 23.0. The summed E-state index contributed by atoms with van der Waals surface area (Å²) in [5.41, 5.74) is 11.9. The summed E-state index contributed by atoms with van der Waals surface area (Å²) < 4.78 is 0. The summed E-state index contributed by atoms with van der Waals surface area (Å²) in [4.78, 5) is 10.2. The Balaban J connectivity index is 1.42. The van der Waals surface area contributed by atoms with Gasteiger partial charge in [-0.3, -0.25) is 9.97 Å². The van der Waals surface area contributed by atoms with Gasteiger partial charge in [-0.05, 0) is 71.8 Å². The minimum Gasteiger partial charge on any atom is -0.255 e. The summed E-state index contributed by atoms with van der Waals surface area (Å²) in [6, 6.07) is 44.4. The zero-order valence-electron chi connectivity index (χ0n) is 27.5. The van der Waals surface area contributed by atoms with Gasteiger partial charge in [0.15, 0.2) is 0 Å². The highest BCUT2D eigenvalue weighted by molar-refractivity contribution is 6.07. The fourth-order valence-electron chi connectivity index (χ4n) is 7.99. The Labute approximate surface area is 276 Å². The molecule has 0 spiro atoms. The number of pyridine rings is 2. The Kier molecular flexibility index (Phi) is 7.10. The van der Waals surface area contributed by atoms with Crippen LogP contribution in [0.5, 0.6) is 0 Å². The molecule has 6 aromatic carbocycles. The van der Waals surface area contributed by atoms with Crippen LogP contribution < -0.4 is 0 Å². The van der Waals surface area contributed by atoms with E-state index < -0.39 is 0 Å². The molecule has 0 fully saturated rings. The highest BCUT2D eigenvalue weighted by atomic mass is 14.7. The van der Waals surface area contributed by atoms with Crippen LogP contribution in [0.25, 0.3) is 65.6 Å². The fraction of sp³-hybridized carbons (Fsp3) is 0.156. The van der Waals surface area contributed by atoms with Gasteiger partial charge in [0, 0.05) is 50.5 Å². The molecule has 0 aliphatic rings. The van der Waals surface area contributed by atoms with Crippen molar-refractivity contribution in [1.82, 2.24) is 9.97 Å². The molecular weight excluding hydrogens is 569 g/mol. The van der Waals surface area contributed by atoms with Crippen LogP contribution in [0.2, 0.25) is 0 Å². The van der Waals surface area contributed by atoms with Gasteiger partial charge in [0.2, 0.25) is 0 Å². The zero-order valence-corrected chi connectivity index (χ0v) is 27.5. The van der Waals surface area contributed by atoms with E-state index in [0.717, 1.165) is 45.8 Å². The van der Waals surface area contributed by atoms with Gasteiger partial charge in [0.1, 0.15) is 0 Å². The lowest BCUT2D eigenvalue weighted by molar-refractivity contribution is 0.480. The molecule has 2 heteroatoms. The van der Waals surface area contributed by atoms with Crippen LogP contribution in [-0.2, 0) is 5.41 Å². The molecule has 8 aromatic rings. The quantitative estimate of drug-likeness (QED) is 0.176. The van der Waals surface area contributed by atoms with Crippen LogP contribution in [0.4, 0.5) is 0 Å². The fourth-order valence-corrected chi connectivity index (χ4v) is 7.99. The number of aromatic nitrogens is 2. The number of fused-ring (bicyclic) bond motifs is 6. The lowest BCUT2D eigenvalue weighted by Gasteiger charge is -2.37. The maximum Gasteiger partial charge on any atom is 0.0780 e. The summed E-state index contributed by atoms with van der Waals surface area (Å²) in [5.74, 6) is 0. The Bertz CT molecular complexity index is 2310. The zero-order chi connectivity index (χ0) is 32.1. The van der Waals surface area contributed by atoms with Crippen LogP contribution in [0, 0.1) is 13.8 Å². The van der Waals surface area contributed by atoms with Crippen molar-refractivity contribution in [2.45, 2.75) is 46.0 Å². The summed E-state index contributed by atoms with van der Waals surface area (Å²) in [5, 5.41) is 7.11. The molecule has 0 aliphatic carbocycles. The molecule has 2 heterocycles. The molecule has 0 atom stereocenters. The van der Waals surface area contributed by atoms with Gasteiger partial charge < -0.3 is 0 Å². The summed E-state index contributed by atoms with van der Waals surface area (Å²) in [7, 11) is 0. The number of hydrogen-bond acceptors (Lipinski definition) is 2. The molecule has 2 aromatic heterocycles.